The average Bonchev–Trinajstić information content (AvgIpc) is 2.74. The second-order valence-electron chi connectivity index (χ2n) is 7.01. The first-order valence-corrected chi connectivity index (χ1v) is 9.40. The van der Waals surface area contributed by atoms with Crippen LogP contribution in [0.5, 0.6) is 5.75 Å². The minimum Gasteiger partial charge on any atom is -0.497 e. The van der Waals surface area contributed by atoms with E-state index in [4.69, 9.17) is 4.74 Å². The number of rotatable bonds is 4. The summed E-state index contributed by atoms with van der Waals surface area (Å²) in [5.74, 6) is 0.771. The zero-order valence-electron chi connectivity index (χ0n) is 15.9. The van der Waals surface area contributed by atoms with Gasteiger partial charge in [0, 0.05) is 49.4 Å². The van der Waals surface area contributed by atoms with Crippen LogP contribution in [-0.2, 0) is 6.54 Å². The van der Waals surface area contributed by atoms with Crippen molar-refractivity contribution in [2.24, 2.45) is 0 Å². The van der Waals surface area contributed by atoms with Gasteiger partial charge in [-0.05, 0) is 41.8 Å². The number of hydrogen-bond acceptors (Lipinski definition) is 4. The van der Waals surface area contributed by atoms with Crippen LogP contribution in [0.25, 0.3) is 10.9 Å². The summed E-state index contributed by atoms with van der Waals surface area (Å²) in [4.78, 5) is 32.1. The summed E-state index contributed by atoms with van der Waals surface area (Å²) < 4.78 is 5.14. The number of hydrogen-bond donors (Lipinski definition) is 1. The van der Waals surface area contributed by atoms with E-state index in [1.165, 1.54) is 0 Å². The molecular formula is C22H23N3O3. The summed E-state index contributed by atoms with van der Waals surface area (Å²) in [5, 5.41) is 1.03. The van der Waals surface area contributed by atoms with Gasteiger partial charge in [-0.15, -0.1) is 0 Å². The Morgan fingerprint density at radius 1 is 1.04 bits per heavy atom. The topological polar surface area (TPSA) is 65.6 Å². The van der Waals surface area contributed by atoms with Crippen LogP contribution in [0.2, 0.25) is 0 Å². The molecule has 1 aliphatic heterocycles. The molecule has 6 heteroatoms. The Labute approximate surface area is 163 Å². The lowest BCUT2D eigenvalue weighted by Gasteiger charge is -2.34. The van der Waals surface area contributed by atoms with Crippen molar-refractivity contribution in [3.63, 3.8) is 0 Å². The molecule has 0 bridgehead atoms. The minimum atomic E-state index is -0.0459. The van der Waals surface area contributed by atoms with Crippen LogP contribution in [0.4, 0.5) is 0 Å². The number of benzene rings is 2. The van der Waals surface area contributed by atoms with Crippen LogP contribution in [0, 0.1) is 0 Å². The number of carbonyl (C=O) groups is 1. The summed E-state index contributed by atoms with van der Waals surface area (Å²) in [7, 11) is 1.61. The quantitative estimate of drug-likeness (QED) is 0.759. The van der Waals surface area contributed by atoms with Crippen LogP contribution < -0.4 is 10.3 Å². The summed E-state index contributed by atoms with van der Waals surface area (Å²) in [6.45, 7) is 3.37. The van der Waals surface area contributed by atoms with Crippen molar-refractivity contribution in [3.05, 3.63) is 76.1 Å². The SMILES string of the molecule is COc1ccc(C(=O)N2CCN(Cc3cc4ccccc4[nH]c3=O)CC2)cc1. The van der Waals surface area contributed by atoms with Crippen LogP contribution in [0.15, 0.2) is 59.4 Å². The lowest BCUT2D eigenvalue weighted by molar-refractivity contribution is 0.0628. The fourth-order valence-electron chi connectivity index (χ4n) is 3.58. The predicted molar refractivity (Wildman–Crippen MR) is 109 cm³/mol. The van der Waals surface area contributed by atoms with Crippen LogP contribution >= 0.6 is 0 Å². The smallest absolute Gasteiger partial charge is 0.253 e. The normalized spacial score (nSPS) is 15.0. The molecule has 2 aromatic carbocycles. The van der Waals surface area contributed by atoms with Crippen molar-refractivity contribution in [3.8, 4) is 5.75 Å². The first kappa shape index (κ1) is 18.3. The zero-order valence-corrected chi connectivity index (χ0v) is 15.9. The van der Waals surface area contributed by atoms with Crippen LogP contribution in [0.3, 0.4) is 0 Å². The molecule has 0 spiro atoms. The lowest BCUT2D eigenvalue weighted by atomic mass is 10.1. The van der Waals surface area contributed by atoms with Crippen molar-refractivity contribution in [1.29, 1.82) is 0 Å². The van der Waals surface area contributed by atoms with E-state index in [-0.39, 0.29) is 11.5 Å². The molecular weight excluding hydrogens is 354 g/mol. The molecule has 0 aliphatic carbocycles. The van der Waals surface area contributed by atoms with Gasteiger partial charge in [0.2, 0.25) is 0 Å². The predicted octanol–water partition coefficient (Wildman–Crippen LogP) is 2.49. The number of nitrogens with zero attached hydrogens (tertiary/aromatic N) is 2. The number of H-pyrrole nitrogens is 1. The van der Waals surface area contributed by atoms with E-state index < -0.39 is 0 Å². The number of para-hydroxylation sites is 1. The van der Waals surface area contributed by atoms with Crippen molar-refractivity contribution in [2.75, 3.05) is 33.3 Å². The third kappa shape index (κ3) is 3.77. The third-order valence-electron chi connectivity index (χ3n) is 5.22. The number of fused-ring (bicyclic) bond motifs is 1. The van der Waals surface area contributed by atoms with Gasteiger partial charge in [-0.2, -0.15) is 0 Å². The minimum absolute atomic E-state index is 0.0332. The number of amides is 1. The van der Waals surface area contributed by atoms with E-state index >= 15 is 0 Å². The highest BCUT2D eigenvalue weighted by molar-refractivity contribution is 5.94. The number of carbonyl (C=O) groups excluding carboxylic acids is 1. The lowest BCUT2D eigenvalue weighted by Crippen LogP contribution is -2.48. The number of piperazine rings is 1. The maximum atomic E-state index is 12.7. The van der Waals surface area contributed by atoms with Gasteiger partial charge in [0.25, 0.3) is 11.5 Å². The molecule has 1 amide bonds. The largest absolute Gasteiger partial charge is 0.497 e. The Hall–Kier alpha value is -3.12. The molecule has 0 unspecified atom stereocenters. The van der Waals surface area contributed by atoms with E-state index in [1.807, 2.05) is 35.2 Å². The molecule has 0 saturated carbocycles. The van der Waals surface area contributed by atoms with Crippen molar-refractivity contribution < 1.29 is 9.53 Å². The first-order chi connectivity index (χ1) is 13.6. The molecule has 4 rings (SSSR count). The number of methoxy groups -OCH3 is 1. The fraction of sp³-hybridized carbons (Fsp3) is 0.273. The highest BCUT2D eigenvalue weighted by atomic mass is 16.5. The summed E-state index contributed by atoms with van der Waals surface area (Å²) in [6, 6.07) is 16.9. The molecule has 144 valence electrons. The standard InChI is InChI=1S/C22H23N3O3/c1-28-19-8-6-16(7-9-19)22(27)25-12-10-24(11-13-25)15-18-14-17-4-2-3-5-20(17)23-21(18)26/h2-9,14H,10-13,15H2,1H3,(H,23,26). The third-order valence-corrected chi connectivity index (χ3v) is 5.22. The molecule has 1 aliphatic rings. The van der Waals surface area contributed by atoms with Gasteiger partial charge in [-0.25, -0.2) is 0 Å². The Morgan fingerprint density at radius 2 is 1.75 bits per heavy atom. The van der Waals surface area contributed by atoms with Crippen LogP contribution in [0.1, 0.15) is 15.9 Å². The van der Waals surface area contributed by atoms with Crippen molar-refractivity contribution in [1.82, 2.24) is 14.8 Å². The molecule has 1 aromatic heterocycles. The molecule has 1 N–H and O–H groups in total. The first-order valence-electron chi connectivity index (χ1n) is 9.40. The van der Waals surface area contributed by atoms with Gasteiger partial charge in [-0.1, -0.05) is 18.2 Å². The zero-order chi connectivity index (χ0) is 19.5. The number of aromatic amines is 1. The molecule has 1 fully saturated rings. The molecule has 0 atom stereocenters. The van der Waals surface area contributed by atoms with E-state index in [1.54, 1.807) is 31.4 Å². The van der Waals surface area contributed by atoms with Gasteiger partial charge < -0.3 is 14.6 Å². The van der Waals surface area contributed by atoms with Crippen LogP contribution in [-0.4, -0.2) is 54.0 Å². The fourth-order valence-corrected chi connectivity index (χ4v) is 3.58. The number of pyridine rings is 1. The van der Waals surface area contributed by atoms with E-state index in [0.29, 0.717) is 25.2 Å². The molecule has 2 heterocycles. The monoisotopic (exact) mass is 377 g/mol. The second kappa shape index (κ2) is 7.86. The Bertz CT molecular complexity index is 1030. The Morgan fingerprint density at radius 3 is 2.46 bits per heavy atom. The van der Waals surface area contributed by atoms with E-state index in [9.17, 15) is 9.59 Å². The molecule has 3 aromatic rings. The molecule has 6 nitrogen and oxygen atoms in total. The Balaban J connectivity index is 1.39. The maximum Gasteiger partial charge on any atom is 0.253 e. The number of ether oxygens (including phenoxy) is 1. The summed E-state index contributed by atoms with van der Waals surface area (Å²) >= 11 is 0. The van der Waals surface area contributed by atoms with E-state index in [0.717, 1.165) is 35.3 Å². The Kier molecular flexibility index (Phi) is 5.12. The van der Waals surface area contributed by atoms with Gasteiger partial charge in [-0.3, -0.25) is 14.5 Å². The molecule has 28 heavy (non-hydrogen) atoms. The highest BCUT2D eigenvalue weighted by Crippen LogP contribution is 2.16. The second-order valence-corrected chi connectivity index (χ2v) is 7.01. The van der Waals surface area contributed by atoms with Gasteiger partial charge in [0.15, 0.2) is 0 Å². The maximum absolute atomic E-state index is 12.7. The van der Waals surface area contributed by atoms with Crippen molar-refractivity contribution in [2.45, 2.75) is 6.54 Å². The molecule has 0 radical (unpaired) electrons. The van der Waals surface area contributed by atoms with E-state index in [2.05, 4.69) is 9.88 Å². The number of aromatic nitrogens is 1. The number of nitrogens with one attached hydrogen (secondary N) is 1. The van der Waals surface area contributed by atoms with Gasteiger partial charge in [0.1, 0.15) is 5.75 Å². The van der Waals surface area contributed by atoms with Crippen molar-refractivity contribution >= 4 is 16.8 Å². The summed E-state index contributed by atoms with van der Waals surface area (Å²) in [5.41, 5.74) is 2.23. The summed E-state index contributed by atoms with van der Waals surface area (Å²) in [6.07, 6.45) is 0. The molecule has 1 saturated heterocycles. The van der Waals surface area contributed by atoms with Gasteiger partial charge >= 0.3 is 0 Å². The van der Waals surface area contributed by atoms with Gasteiger partial charge in [0.05, 0.1) is 7.11 Å². The average molecular weight is 377 g/mol. The highest BCUT2D eigenvalue weighted by Gasteiger charge is 2.22.